The van der Waals surface area contributed by atoms with Crippen LogP contribution in [0.25, 0.3) is 0 Å². The van der Waals surface area contributed by atoms with Gasteiger partial charge in [0, 0.05) is 0 Å². The summed E-state index contributed by atoms with van der Waals surface area (Å²) in [5.74, 6) is -1.16. The van der Waals surface area contributed by atoms with Crippen molar-refractivity contribution in [2.75, 3.05) is 0 Å². The van der Waals surface area contributed by atoms with Gasteiger partial charge in [-0.2, -0.15) is 5.26 Å². The van der Waals surface area contributed by atoms with E-state index in [9.17, 15) is 4.79 Å². The molecule has 66 valence electrons. The first-order valence-corrected chi connectivity index (χ1v) is 3.57. The molecule has 0 radical (unpaired) electrons. The van der Waals surface area contributed by atoms with Crippen LogP contribution in [-0.2, 0) is 6.61 Å². The third kappa shape index (κ3) is 1.66. The monoisotopic (exact) mass is 177 g/mol. The van der Waals surface area contributed by atoms with Crippen molar-refractivity contribution in [3.63, 3.8) is 0 Å². The Balaban J connectivity index is 3.38. The van der Waals surface area contributed by atoms with Crippen LogP contribution in [0.3, 0.4) is 0 Å². The fourth-order valence-electron chi connectivity index (χ4n) is 1.04. The zero-order valence-corrected chi connectivity index (χ0v) is 6.69. The van der Waals surface area contributed by atoms with Crippen molar-refractivity contribution in [3.05, 3.63) is 34.9 Å². The van der Waals surface area contributed by atoms with Crippen molar-refractivity contribution >= 4 is 5.97 Å². The van der Waals surface area contributed by atoms with Gasteiger partial charge in [0.15, 0.2) is 0 Å². The Labute approximate surface area is 74.7 Å². The minimum atomic E-state index is -1.16. The molecule has 0 aromatic heterocycles. The summed E-state index contributed by atoms with van der Waals surface area (Å²) in [4.78, 5) is 10.6. The normalized spacial score (nSPS) is 9.23. The van der Waals surface area contributed by atoms with E-state index in [2.05, 4.69) is 0 Å². The molecule has 13 heavy (non-hydrogen) atoms. The van der Waals surface area contributed by atoms with E-state index in [0.29, 0.717) is 5.56 Å². The average Bonchev–Trinajstić information content (AvgIpc) is 2.16. The minimum absolute atomic E-state index is 0.0255. The number of aliphatic hydroxyl groups excluding tert-OH is 1. The minimum Gasteiger partial charge on any atom is -0.478 e. The highest BCUT2D eigenvalue weighted by molar-refractivity contribution is 5.91. The molecule has 0 unspecified atom stereocenters. The SMILES string of the molecule is N#Cc1c(CO)cccc1C(=O)O. The molecule has 2 N–H and O–H groups in total. The number of hydrogen-bond donors (Lipinski definition) is 2. The molecule has 0 spiro atoms. The van der Waals surface area contributed by atoms with Gasteiger partial charge in [0.2, 0.25) is 0 Å². The number of carboxylic acid groups (broad SMARTS) is 1. The Kier molecular flexibility index (Phi) is 2.62. The van der Waals surface area contributed by atoms with Crippen LogP contribution in [0.15, 0.2) is 18.2 Å². The molecule has 0 fully saturated rings. The van der Waals surface area contributed by atoms with Gasteiger partial charge in [-0.05, 0) is 11.6 Å². The highest BCUT2D eigenvalue weighted by Gasteiger charge is 2.12. The van der Waals surface area contributed by atoms with Gasteiger partial charge in [-0.1, -0.05) is 12.1 Å². The smallest absolute Gasteiger partial charge is 0.337 e. The molecule has 0 aliphatic heterocycles. The van der Waals surface area contributed by atoms with Crippen LogP contribution in [-0.4, -0.2) is 16.2 Å². The Hall–Kier alpha value is -1.86. The summed E-state index contributed by atoms with van der Waals surface area (Å²) in [5, 5.41) is 26.2. The predicted molar refractivity (Wildman–Crippen MR) is 44.0 cm³/mol. The largest absolute Gasteiger partial charge is 0.478 e. The number of aromatic carboxylic acids is 1. The summed E-state index contributed by atoms with van der Waals surface area (Å²) in [7, 11) is 0. The lowest BCUT2D eigenvalue weighted by Gasteiger charge is -2.02. The maximum Gasteiger partial charge on any atom is 0.337 e. The summed E-state index contributed by atoms with van der Waals surface area (Å²) < 4.78 is 0. The van der Waals surface area contributed by atoms with Gasteiger partial charge in [0.05, 0.1) is 17.7 Å². The molecule has 4 heteroatoms. The standard InChI is InChI=1S/C9H7NO3/c10-4-8-6(5-11)2-1-3-7(8)9(12)13/h1-3,11H,5H2,(H,12,13). The van der Waals surface area contributed by atoms with Crippen molar-refractivity contribution in [2.45, 2.75) is 6.61 Å². The van der Waals surface area contributed by atoms with E-state index in [1.165, 1.54) is 18.2 Å². The van der Waals surface area contributed by atoms with Crippen LogP contribution in [0.1, 0.15) is 21.5 Å². The molecule has 0 atom stereocenters. The summed E-state index contributed by atoms with van der Waals surface area (Å²) in [6.07, 6.45) is 0. The van der Waals surface area contributed by atoms with Crippen molar-refractivity contribution in [1.29, 1.82) is 5.26 Å². The van der Waals surface area contributed by atoms with E-state index < -0.39 is 5.97 Å². The number of carboxylic acids is 1. The number of nitrogens with zero attached hydrogens (tertiary/aromatic N) is 1. The number of benzene rings is 1. The Morgan fingerprint density at radius 2 is 2.23 bits per heavy atom. The molecule has 0 bridgehead atoms. The van der Waals surface area contributed by atoms with E-state index in [1.807, 2.05) is 0 Å². The summed E-state index contributed by atoms with van der Waals surface area (Å²) >= 11 is 0. The lowest BCUT2D eigenvalue weighted by Crippen LogP contribution is -2.03. The number of nitriles is 1. The molecule has 1 aromatic carbocycles. The second-order valence-electron chi connectivity index (χ2n) is 2.41. The van der Waals surface area contributed by atoms with Crippen LogP contribution in [0, 0.1) is 11.3 Å². The van der Waals surface area contributed by atoms with Crippen LogP contribution >= 0.6 is 0 Å². The fourth-order valence-corrected chi connectivity index (χ4v) is 1.04. The topological polar surface area (TPSA) is 81.3 Å². The second-order valence-corrected chi connectivity index (χ2v) is 2.41. The summed E-state index contributed by atoms with van der Waals surface area (Å²) in [6, 6.07) is 6.10. The molecule has 0 saturated carbocycles. The average molecular weight is 177 g/mol. The Bertz CT molecular complexity index is 379. The lowest BCUT2D eigenvalue weighted by atomic mass is 10.0. The summed E-state index contributed by atoms with van der Waals surface area (Å²) in [5.41, 5.74) is 0.286. The molecule has 0 aliphatic rings. The van der Waals surface area contributed by atoms with E-state index in [0.717, 1.165) is 0 Å². The fraction of sp³-hybridized carbons (Fsp3) is 0.111. The number of carbonyl (C=O) groups is 1. The van der Waals surface area contributed by atoms with Crippen LogP contribution in [0.5, 0.6) is 0 Å². The highest BCUT2D eigenvalue weighted by atomic mass is 16.4. The van der Waals surface area contributed by atoms with E-state index in [1.54, 1.807) is 6.07 Å². The number of aliphatic hydroxyl groups is 1. The number of rotatable bonds is 2. The van der Waals surface area contributed by atoms with Crippen LogP contribution < -0.4 is 0 Å². The molecule has 1 aromatic rings. The van der Waals surface area contributed by atoms with Crippen molar-refractivity contribution in [1.82, 2.24) is 0 Å². The highest BCUT2D eigenvalue weighted by Crippen LogP contribution is 2.13. The zero-order chi connectivity index (χ0) is 9.84. The molecule has 0 heterocycles. The van der Waals surface area contributed by atoms with Gasteiger partial charge in [-0.25, -0.2) is 4.79 Å². The van der Waals surface area contributed by atoms with Crippen molar-refractivity contribution in [2.24, 2.45) is 0 Å². The van der Waals surface area contributed by atoms with E-state index >= 15 is 0 Å². The Morgan fingerprint density at radius 1 is 1.54 bits per heavy atom. The predicted octanol–water partition coefficient (Wildman–Crippen LogP) is 0.749. The Morgan fingerprint density at radius 3 is 2.69 bits per heavy atom. The van der Waals surface area contributed by atoms with Gasteiger partial charge < -0.3 is 10.2 Å². The molecular weight excluding hydrogens is 170 g/mol. The molecule has 1 rings (SSSR count). The van der Waals surface area contributed by atoms with Gasteiger partial charge in [-0.15, -0.1) is 0 Å². The number of hydrogen-bond acceptors (Lipinski definition) is 3. The zero-order valence-electron chi connectivity index (χ0n) is 6.69. The third-order valence-corrected chi connectivity index (χ3v) is 1.66. The van der Waals surface area contributed by atoms with E-state index in [-0.39, 0.29) is 17.7 Å². The molecule has 0 saturated heterocycles. The first-order chi connectivity index (χ1) is 6.20. The summed E-state index contributed by atoms with van der Waals surface area (Å²) in [6.45, 7) is -0.329. The van der Waals surface area contributed by atoms with Gasteiger partial charge in [-0.3, -0.25) is 0 Å². The molecule has 4 nitrogen and oxygen atoms in total. The van der Waals surface area contributed by atoms with Gasteiger partial charge in [0.1, 0.15) is 6.07 Å². The lowest BCUT2D eigenvalue weighted by molar-refractivity contribution is 0.0696. The van der Waals surface area contributed by atoms with E-state index in [4.69, 9.17) is 15.5 Å². The van der Waals surface area contributed by atoms with Crippen molar-refractivity contribution in [3.8, 4) is 6.07 Å². The molecule has 0 aliphatic carbocycles. The maximum atomic E-state index is 10.6. The first kappa shape index (κ1) is 9.23. The van der Waals surface area contributed by atoms with Crippen LogP contribution in [0.2, 0.25) is 0 Å². The quantitative estimate of drug-likeness (QED) is 0.698. The third-order valence-electron chi connectivity index (χ3n) is 1.66. The second kappa shape index (κ2) is 3.70. The van der Waals surface area contributed by atoms with Crippen LogP contribution in [0.4, 0.5) is 0 Å². The molecule has 0 amide bonds. The van der Waals surface area contributed by atoms with Gasteiger partial charge >= 0.3 is 5.97 Å². The first-order valence-electron chi connectivity index (χ1n) is 3.57. The maximum absolute atomic E-state index is 10.6. The van der Waals surface area contributed by atoms with Crippen molar-refractivity contribution < 1.29 is 15.0 Å². The molecular formula is C9H7NO3. The van der Waals surface area contributed by atoms with Gasteiger partial charge in [0.25, 0.3) is 0 Å².